The molecule has 0 amide bonds. The highest BCUT2D eigenvalue weighted by atomic mass is 15.4. The predicted molar refractivity (Wildman–Crippen MR) is 280 cm³/mol. The first kappa shape index (κ1) is 60.1. The summed E-state index contributed by atoms with van der Waals surface area (Å²) in [4.78, 5) is 0. The van der Waals surface area contributed by atoms with Crippen molar-refractivity contribution < 1.29 is 0 Å². The highest BCUT2D eigenvalue weighted by molar-refractivity contribution is 5.08. The van der Waals surface area contributed by atoms with Crippen LogP contribution in [0.25, 0.3) is 0 Å². The van der Waals surface area contributed by atoms with Gasteiger partial charge in [0.15, 0.2) is 0 Å². The lowest BCUT2D eigenvalue weighted by Crippen LogP contribution is -2.09. The van der Waals surface area contributed by atoms with Crippen LogP contribution in [0.1, 0.15) is 238 Å². The minimum Gasteiger partial charge on any atom is -0.252 e. The molecule has 0 aliphatic carbocycles. The molecule has 9 nitrogen and oxygen atoms in total. The van der Waals surface area contributed by atoms with E-state index >= 15 is 0 Å². The lowest BCUT2D eigenvalue weighted by Gasteiger charge is -2.15. The standard InChI is InChI=1S/C20H35N3.C19H33N3.C18H31N3/c1-19(2,3)14-12-10-8-7-9-11-13-15-23-17-18(21-22-23)16-20(4,5)6;1-18(2,3)13-11-9-7-8-10-12-14-22-16-17(20-21-22)15-19(4,5)6;1-17(2,3)12-10-8-7-9-11-13-21-15-16(19-20-21)14-18(4,5)6/h17H,7-11,13,15-16H2,1-6H3;16H,7-10,12,14-15H2,1-6H3;15H,7-9,11,13-14H2,1-6H3. The van der Waals surface area contributed by atoms with Crippen molar-refractivity contribution in [2.45, 2.75) is 260 Å². The van der Waals surface area contributed by atoms with Crippen LogP contribution in [-0.4, -0.2) is 45.0 Å². The summed E-state index contributed by atoms with van der Waals surface area (Å²) < 4.78 is 5.96. The van der Waals surface area contributed by atoms with Gasteiger partial charge in [0.05, 0.1) is 17.1 Å². The van der Waals surface area contributed by atoms with Gasteiger partial charge in [0.1, 0.15) is 0 Å². The van der Waals surface area contributed by atoms with Gasteiger partial charge in [-0.1, -0.05) is 134 Å². The molecule has 0 fully saturated rings. The zero-order valence-electron chi connectivity index (χ0n) is 46.1. The lowest BCUT2D eigenvalue weighted by molar-refractivity contribution is 0.405. The molecule has 0 atom stereocenters. The monoisotopic (exact) mass is 910 g/mol. The summed E-state index contributed by atoms with van der Waals surface area (Å²) in [5, 5.41) is 25.4. The zero-order chi connectivity index (χ0) is 49.9. The summed E-state index contributed by atoms with van der Waals surface area (Å²) in [7, 11) is 0. The molecule has 0 saturated heterocycles. The van der Waals surface area contributed by atoms with Gasteiger partial charge in [-0.15, -0.1) is 33.1 Å². The molecule has 3 aromatic rings. The summed E-state index contributed by atoms with van der Waals surface area (Å²) in [6, 6.07) is 0. The Morgan fingerprint density at radius 1 is 0.333 bits per heavy atom. The second kappa shape index (κ2) is 29.8. The van der Waals surface area contributed by atoms with Crippen LogP contribution in [0.4, 0.5) is 0 Å². The van der Waals surface area contributed by atoms with E-state index in [9.17, 15) is 0 Å². The second-order valence-corrected chi connectivity index (χ2v) is 25.3. The Balaban J connectivity index is 0.000000496. The molecule has 3 rings (SSSR count). The van der Waals surface area contributed by atoms with Gasteiger partial charge in [-0.05, 0) is 136 Å². The van der Waals surface area contributed by atoms with Crippen molar-refractivity contribution in [1.29, 1.82) is 0 Å². The van der Waals surface area contributed by atoms with Gasteiger partial charge in [0.25, 0.3) is 0 Å². The fraction of sp³-hybridized carbons (Fsp3) is 0.789. The van der Waals surface area contributed by atoms with Crippen LogP contribution in [0.3, 0.4) is 0 Å². The highest BCUT2D eigenvalue weighted by Crippen LogP contribution is 2.21. The second-order valence-electron chi connectivity index (χ2n) is 25.3. The van der Waals surface area contributed by atoms with E-state index in [-0.39, 0.29) is 32.5 Å². The van der Waals surface area contributed by atoms with Crippen LogP contribution in [0, 0.1) is 68.0 Å². The van der Waals surface area contributed by atoms with Crippen LogP contribution in [0.15, 0.2) is 18.6 Å². The average Bonchev–Trinajstić information content (AvgIpc) is 3.90. The minimum absolute atomic E-state index is 0.129. The number of aromatic nitrogens is 9. The maximum Gasteiger partial charge on any atom is 0.0832 e. The van der Waals surface area contributed by atoms with E-state index in [1.54, 1.807) is 0 Å². The van der Waals surface area contributed by atoms with E-state index in [1.807, 2.05) is 14.0 Å². The maximum absolute atomic E-state index is 4.27. The molecule has 0 aliphatic heterocycles. The third-order valence-electron chi connectivity index (χ3n) is 9.60. The molecule has 0 radical (unpaired) electrons. The summed E-state index contributed by atoms with van der Waals surface area (Å²) >= 11 is 0. The molecule has 0 bridgehead atoms. The molecule has 0 aromatic carbocycles. The van der Waals surface area contributed by atoms with Crippen molar-refractivity contribution in [1.82, 2.24) is 45.0 Å². The van der Waals surface area contributed by atoms with Crippen molar-refractivity contribution >= 4 is 0 Å². The molecule has 372 valence electrons. The quantitative estimate of drug-likeness (QED) is 0.0781. The number of rotatable bonds is 21. The van der Waals surface area contributed by atoms with Gasteiger partial charge in [0.2, 0.25) is 0 Å². The Labute approximate surface area is 407 Å². The van der Waals surface area contributed by atoms with Gasteiger partial charge in [0, 0.05) is 73.7 Å². The summed E-state index contributed by atoms with van der Waals surface area (Å²) in [6.07, 6.45) is 27.0. The summed E-state index contributed by atoms with van der Waals surface area (Å²) in [6.45, 7) is 42.4. The van der Waals surface area contributed by atoms with E-state index in [2.05, 4.69) is 210 Å². The van der Waals surface area contributed by atoms with E-state index in [4.69, 9.17) is 0 Å². The predicted octanol–water partition coefficient (Wildman–Crippen LogP) is 14.6. The first-order chi connectivity index (χ1) is 30.5. The van der Waals surface area contributed by atoms with Gasteiger partial charge in [-0.3, -0.25) is 14.0 Å². The average molecular weight is 910 g/mol. The van der Waals surface area contributed by atoms with Crippen molar-refractivity contribution in [2.75, 3.05) is 0 Å². The molecular formula is C57H99N9. The Morgan fingerprint density at radius 2 is 0.561 bits per heavy atom. The Bertz CT molecular complexity index is 1920. The Hall–Kier alpha value is -3.90. The summed E-state index contributed by atoms with van der Waals surface area (Å²) in [5.41, 5.74) is 4.53. The summed E-state index contributed by atoms with van der Waals surface area (Å²) in [5.74, 6) is 19.7. The van der Waals surface area contributed by atoms with E-state index < -0.39 is 0 Å². The molecule has 0 unspecified atom stereocenters. The van der Waals surface area contributed by atoms with Gasteiger partial charge in [-0.25, -0.2) is 0 Å². The largest absolute Gasteiger partial charge is 0.252 e. The minimum atomic E-state index is 0.129. The van der Waals surface area contributed by atoms with Gasteiger partial charge < -0.3 is 0 Å². The molecular weight excluding hydrogens is 811 g/mol. The normalized spacial score (nSPS) is 12.1. The van der Waals surface area contributed by atoms with E-state index in [0.29, 0.717) is 0 Å². The molecule has 0 N–H and O–H groups in total. The first-order valence-corrected chi connectivity index (χ1v) is 25.6. The third-order valence-corrected chi connectivity index (χ3v) is 9.60. The molecule has 0 saturated carbocycles. The first-order valence-electron chi connectivity index (χ1n) is 25.6. The highest BCUT2D eigenvalue weighted by Gasteiger charge is 2.16. The lowest BCUT2D eigenvalue weighted by atomic mass is 9.91. The van der Waals surface area contributed by atoms with E-state index in [1.165, 1.54) is 70.6 Å². The SMILES string of the molecule is CC(C)(C)C#CCCCCCCCn1cc(CC(C)(C)C)nn1.CC(C)(C)C#CCCCCCCn1cc(CC(C)(C)C)nn1.CC(C)(C)C#CCCCCCn1cc(CC(C)(C)C)nn1. The Morgan fingerprint density at radius 3 is 0.803 bits per heavy atom. The molecule has 0 aliphatic rings. The maximum atomic E-state index is 4.27. The Kier molecular flexibility index (Phi) is 27.1. The van der Waals surface area contributed by atoms with Crippen LogP contribution in [-0.2, 0) is 38.9 Å². The van der Waals surface area contributed by atoms with Crippen LogP contribution in [0.2, 0.25) is 0 Å². The van der Waals surface area contributed by atoms with Crippen molar-refractivity contribution in [2.24, 2.45) is 32.5 Å². The van der Waals surface area contributed by atoms with Crippen LogP contribution >= 0.6 is 0 Å². The van der Waals surface area contributed by atoms with Gasteiger partial charge >= 0.3 is 0 Å². The number of hydrogen-bond acceptors (Lipinski definition) is 6. The fourth-order valence-corrected chi connectivity index (χ4v) is 6.72. The van der Waals surface area contributed by atoms with Crippen molar-refractivity contribution in [3.05, 3.63) is 35.7 Å². The molecule has 3 aromatic heterocycles. The smallest absolute Gasteiger partial charge is 0.0832 e. The topological polar surface area (TPSA) is 92.1 Å². The number of hydrogen-bond donors (Lipinski definition) is 0. The van der Waals surface area contributed by atoms with Crippen molar-refractivity contribution in [3.63, 3.8) is 0 Å². The van der Waals surface area contributed by atoms with Crippen LogP contribution < -0.4 is 0 Å². The molecule has 9 heteroatoms. The van der Waals surface area contributed by atoms with Crippen LogP contribution in [0.5, 0.6) is 0 Å². The zero-order valence-corrected chi connectivity index (χ0v) is 46.1. The number of aryl methyl sites for hydroxylation is 3. The number of nitrogens with zero attached hydrogens (tertiary/aromatic N) is 9. The van der Waals surface area contributed by atoms with Crippen molar-refractivity contribution in [3.8, 4) is 35.5 Å². The third kappa shape index (κ3) is 38.2. The molecule has 0 spiro atoms. The van der Waals surface area contributed by atoms with Gasteiger partial charge in [-0.2, -0.15) is 0 Å². The van der Waals surface area contributed by atoms with E-state index in [0.717, 1.165) is 81.7 Å². The fourth-order valence-electron chi connectivity index (χ4n) is 6.72. The molecule has 66 heavy (non-hydrogen) atoms. The molecule has 3 heterocycles. The number of unbranched alkanes of at least 4 members (excludes halogenated alkanes) is 12.